The van der Waals surface area contributed by atoms with Crippen LogP contribution in [-0.2, 0) is 7.05 Å². The highest BCUT2D eigenvalue weighted by molar-refractivity contribution is 7.99. The van der Waals surface area contributed by atoms with Crippen molar-refractivity contribution in [3.8, 4) is 0 Å². The molecule has 0 aliphatic carbocycles. The summed E-state index contributed by atoms with van der Waals surface area (Å²) in [4.78, 5) is 15.2. The van der Waals surface area contributed by atoms with E-state index in [9.17, 15) is 4.79 Å². The maximum atomic E-state index is 13.0. The highest BCUT2D eigenvalue weighted by atomic mass is 35.5. The lowest BCUT2D eigenvalue weighted by molar-refractivity contribution is 0.0797. The molecule has 1 aliphatic rings. The van der Waals surface area contributed by atoms with E-state index in [2.05, 4.69) is 35.6 Å². The van der Waals surface area contributed by atoms with Gasteiger partial charge in [-0.2, -0.15) is 0 Å². The van der Waals surface area contributed by atoms with Crippen LogP contribution in [0, 0.1) is 5.41 Å². The van der Waals surface area contributed by atoms with E-state index >= 15 is 0 Å². The van der Waals surface area contributed by atoms with Gasteiger partial charge in [-0.05, 0) is 20.2 Å². The molecule has 0 bridgehead atoms. The molecule has 0 fully saturated rings. The summed E-state index contributed by atoms with van der Waals surface area (Å²) in [6.07, 6.45) is 0. The number of thioether (sulfide) groups is 1. The van der Waals surface area contributed by atoms with E-state index in [4.69, 9.17) is 0 Å². The van der Waals surface area contributed by atoms with Gasteiger partial charge in [-0.3, -0.25) is 4.79 Å². The molecule has 21 heavy (non-hydrogen) atoms. The van der Waals surface area contributed by atoms with Crippen LogP contribution in [0.25, 0.3) is 10.9 Å². The van der Waals surface area contributed by atoms with Crippen molar-refractivity contribution >= 4 is 40.9 Å². The van der Waals surface area contributed by atoms with Crippen LogP contribution in [0.1, 0.15) is 17.3 Å². The predicted molar refractivity (Wildman–Crippen MR) is 91.9 cm³/mol. The third-order valence-electron chi connectivity index (χ3n) is 4.02. The van der Waals surface area contributed by atoms with Crippen LogP contribution in [0.4, 0.5) is 0 Å². The summed E-state index contributed by atoms with van der Waals surface area (Å²) < 4.78 is 2.16. The molecule has 1 unspecified atom stereocenters. The van der Waals surface area contributed by atoms with Gasteiger partial charge in [-0.15, -0.1) is 24.2 Å². The minimum atomic E-state index is -0.300. The van der Waals surface area contributed by atoms with Crippen LogP contribution in [0.5, 0.6) is 0 Å². The lowest BCUT2D eigenvalue weighted by atomic mass is 9.83. The highest BCUT2D eigenvalue weighted by Crippen LogP contribution is 2.44. The Morgan fingerprint density at radius 3 is 2.67 bits per heavy atom. The topological polar surface area (TPSA) is 25.2 Å². The summed E-state index contributed by atoms with van der Waals surface area (Å²) in [5.74, 6) is 1.14. The second-order valence-electron chi connectivity index (χ2n) is 6.17. The smallest absolute Gasteiger partial charge is 0.174 e. The maximum Gasteiger partial charge on any atom is 0.174 e. The average Bonchev–Trinajstić information content (AvgIpc) is 2.68. The predicted octanol–water partition coefficient (Wildman–Crippen LogP) is 3.46. The fourth-order valence-corrected chi connectivity index (χ4v) is 4.49. The summed E-state index contributed by atoms with van der Waals surface area (Å²) in [6, 6.07) is 8.19. The van der Waals surface area contributed by atoms with E-state index in [0.29, 0.717) is 0 Å². The molecule has 0 radical (unpaired) electrons. The monoisotopic (exact) mass is 324 g/mol. The molecule has 1 atom stereocenters. The lowest BCUT2D eigenvalue weighted by Gasteiger charge is -2.34. The van der Waals surface area contributed by atoms with Crippen molar-refractivity contribution in [1.29, 1.82) is 0 Å². The molecule has 0 saturated heterocycles. The quantitative estimate of drug-likeness (QED) is 0.846. The Hall–Kier alpha value is -0.970. The van der Waals surface area contributed by atoms with Crippen molar-refractivity contribution in [3.63, 3.8) is 0 Å². The van der Waals surface area contributed by atoms with Crippen molar-refractivity contribution in [3.05, 3.63) is 29.8 Å². The number of benzene rings is 1. The molecule has 0 N–H and O–H groups in total. The first-order valence-electron chi connectivity index (χ1n) is 6.84. The standard InChI is InChI=1S/C16H20N2OS.ClH/c1-16(9-17(2)3)10-20-15-13(14(16)19)11-7-5-6-8-12(11)18(15)4;/h5-8H,9-10H2,1-4H3;1H. The van der Waals surface area contributed by atoms with Gasteiger partial charge >= 0.3 is 0 Å². The molecular weight excluding hydrogens is 304 g/mol. The summed E-state index contributed by atoms with van der Waals surface area (Å²) >= 11 is 1.81. The van der Waals surface area contributed by atoms with Gasteiger partial charge in [0, 0.05) is 30.2 Å². The van der Waals surface area contributed by atoms with Gasteiger partial charge in [0.05, 0.1) is 16.0 Å². The fraction of sp³-hybridized carbons (Fsp3) is 0.438. The van der Waals surface area contributed by atoms with Gasteiger partial charge in [-0.25, -0.2) is 0 Å². The Bertz CT molecular complexity index is 695. The summed E-state index contributed by atoms with van der Waals surface area (Å²) in [5.41, 5.74) is 1.77. The minimum Gasteiger partial charge on any atom is -0.338 e. The third kappa shape index (κ3) is 2.50. The van der Waals surface area contributed by atoms with E-state index < -0.39 is 0 Å². The first kappa shape index (κ1) is 16.4. The second kappa shape index (κ2) is 5.67. The maximum absolute atomic E-state index is 13.0. The zero-order valence-electron chi connectivity index (χ0n) is 12.8. The summed E-state index contributed by atoms with van der Waals surface area (Å²) in [6.45, 7) is 2.88. The zero-order valence-corrected chi connectivity index (χ0v) is 14.5. The van der Waals surface area contributed by atoms with Gasteiger partial charge in [0.15, 0.2) is 5.78 Å². The van der Waals surface area contributed by atoms with E-state index in [1.165, 1.54) is 0 Å². The summed E-state index contributed by atoms with van der Waals surface area (Å²) in [5, 5.41) is 2.21. The van der Waals surface area contributed by atoms with Gasteiger partial charge in [0.25, 0.3) is 0 Å². The highest BCUT2D eigenvalue weighted by Gasteiger charge is 2.41. The number of hydrogen-bond acceptors (Lipinski definition) is 3. The minimum absolute atomic E-state index is 0. The zero-order chi connectivity index (χ0) is 14.5. The van der Waals surface area contributed by atoms with Gasteiger partial charge in [0.2, 0.25) is 0 Å². The average molecular weight is 325 g/mol. The lowest BCUT2D eigenvalue weighted by Crippen LogP contribution is -2.42. The molecule has 114 valence electrons. The summed E-state index contributed by atoms with van der Waals surface area (Å²) in [7, 11) is 6.11. The van der Waals surface area contributed by atoms with Crippen LogP contribution < -0.4 is 0 Å². The molecule has 0 spiro atoms. The number of carbonyl (C=O) groups excluding carboxylic acids is 1. The largest absolute Gasteiger partial charge is 0.338 e. The van der Waals surface area contributed by atoms with Crippen LogP contribution in [-0.4, -0.2) is 41.6 Å². The Kier molecular flexibility index (Phi) is 4.43. The van der Waals surface area contributed by atoms with E-state index in [1.807, 2.05) is 38.0 Å². The number of nitrogens with zero attached hydrogens (tertiary/aromatic N) is 2. The number of halogens is 1. The molecule has 1 aromatic carbocycles. The number of aryl methyl sites for hydroxylation is 1. The Labute approximate surface area is 136 Å². The molecule has 1 aromatic heterocycles. The number of ketones is 1. The Morgan fingerprint density at radius 1 is 1.33 bits per heavy atom. The van der Waals surface area contributed by atoms with E-state index in [1.54, 1.807) is 0 Å². The Balaban J connectivity index is 0.00000161. The fourth-order valence-electron chi connectivity index (χ4n) is 3.17. The number of Topliss-reactive ketones (excluding diaryl/α,β-unsaturated/α-hetero) is 1. The van der Waals surface area contributed by atoms with Crippen molar-refractivity contribution < 1.29 is 4.79 Å². The number of hydrogen-bond donors (Lipinski definition) is 0. The molecule has 0 saturated carbocycles. The number of para-hydroxylation sites is 1. The number of fused-ring (bicyclic) bond motifs is 3. The molecule has 3 rings (SSSR count). The number of aromatic nitrogens is 1. The third-order valence-corrected chi connectivity index (χ3v) is 5.55. The molecule has 2 aromatic rings. The van der Waals surface area contributed by atoms with Gasteiger partial charge in [-0.1, -0.05) is 25.1 Å². The van der Waals surface area contributed by atoms with Crippen LogP contribution in [0.2, 0.25) is 0 Å². The van der Waals surface area contributed by atoms with Crippen LogP contribution >= 0.6 is 24.2 Å². The molecule has 3 nitrogen and oxygen atoms in total. The number of carbonyl (C=O) groups is 1. The first-order chi connectivity index (χ1) is 9.44. The molecule has 5 heteroatoms. The SMILES string of the molecule is CN(C)CC1(C)CSc2c(c3ccccc3n2C)C1=O.Cl. The van der Waals surface area contributed by atoms with Crippen molar-refractivity contribution in [2.24, 2.45) is 12.5 Å². The van der Waals surface area contributed by atoms with Gasteiger partial charge in [0.1, 0.15) is 0 Å². The van der Waals surface area contributed by atoms with Crippen molar-refractivity contribution in [1.82, 2.24) is 9.47 Å². The van der Waals surface area contributed by atoms with Gasteiger partial charge < -0.3 is 9.47 Å². The first-order valence-corrected chi connectivity index (χ1v) is 7.82. The second-order valence-corrected chi connectivity index (χ2v) is 7.14. The van der Waals surface area contributed by atoms with E-state index in [-0.39, 0.29) is 23.6 Å². The molecular formula is C16H21ClN2OS. The van der Waals surface area contributed by atoms with Crippen LogP contribution in [0.15, 0.2) is 29.3 Å². The van der Waals surface area contributed by atoms with Crippen molar-refractivity contribution in [2.45, 2.75) is 11.9 Å². The normalized spacial score (nSPS) is 21.5. The molecule has 2 heterocycles. The molecule has 0 amide bonds. The number of rotatable bonds is 2. The molecule has 1 aliphatic heterocycles. The van der Waals surface area contributed by atoms with Crippen LogP contribution in [0.3, 0.4) is 0 Å². The Morgan fingerprint density at radius 2 is 2.00 bits per heavy atom. The van der Waals surface area contributed by atoms with Crippen molar-refractivity contribution in [2.75, 3.05) is 26.4 Å². The van der Waals surface area contributed by atoms with E-state index in [0.717, 1.165) is 33.8 Å².